The molecule has 0 bridgehead atoms. The van der Waals surface area contributed by atoms with Crippen LogP contribution in [0.1, 0.15) is 71.1 Å². The van der Waals surface area contributed by atoms with E-state index >= 15 is 0 Å². The molecule has 0 unspecified atom stereocenters. The molecule has 6 atom stereocenters. The SMILES string of the molecule is C[C@]12CC[C@H](O)CC1=CC[C@H]1[C@@H]3CCC[C@@]3(CCSc3ccc(Cl)cc3)CC[C@@H]12. The van der Waals surface area contributed by atoms with Crippen molar-refractivity contribution >= 4 is 23.4 Å². The first kappa shape index (κ1) is 20.5. The van der Waals surface area contributed by atoms with E-state index in [0.29, 0.717) is 10.8 Å². The summed E-state index contributed by atoms with van der Waals surface area (Å²) in [5, 5.41) is 11.0. The zero-order valence-corrected chi connectivity index (χ0v) is 19.3. The third-order valence-corrected chi connectivity index (χ3v) is 10.6. The average molecular weight is 431 g/mol. The molecule has 1 N–H and O–H groups in total. The van der Waals surface area contributed by atoms with E-state index in [2.05, 4.69) is 25.1 Å². The van der Waals surface area contributed by atoms with Crippen LogP contribution in [0.15, 0.2) is 40.8 Å². The van der Waals surface area contributed by atoms with E-state index in [1.165, 1.54) is 62.0 Å². The molecule has 1 aromatic rings. The van der Waals surface area contributed by atoms with Gasteiger partial charge in [0.05, 0.1) is 6.10 Å². The Labute approximate surface area is 185 Å². The number of allylic oxidation sites excluding steroid dienone is 1. The molecule has 0 aliphatic heterocycles. The highest BCUT2D eigenvalue weighted by molar-refractivity contribution is 7.99. The van der Waals surface area contributed by atoms with Gasteiger partial charge in [0.1, 0.15) is 0 Å². The van der Waals surface area contributed by atoms with Crippen LogP contribution in [0.3, 0.4) is 0 Å². The number of benzene rings is 1. The molecule has 0 heterocycles. The molecule has 5 rings (SSSR count). The van der Waals surface area contributed by atoms with Crippen molar-refractivity contribution in [3.8, 4) is 0 Å². The maximum absolute atomic E-state index is 10.2. The predicted octanol–water partition coefficient (Wildman–Crippen LogP) is 7.52. The second kappa shape index (κ2) is 7.92. The minimum atomic E-state index is -0.0927. The van der Waals surface area contributed by atoms with Gasteiger partial charge in [0.2, 0.25) is 0 Å². The van der Waals surface area contributed by atoms with Gasteiger partial charge in [-0.15, -0.1) is 11.8 Å². The zero-order chi connectivity index (χ0) is 20.1. The van der Waals surface area contributed by atoms with Crippen LogP contribution in [0.4, 0.5) is 0 Å². The van der Waals surface area contributed by atoms with Crippen LogP contribution >= 0.6 is 23.4 Å². The first-order valence-corrected chi connectivity index (χ1v) is 13.1. The van der Waals surface area contributed by atoms with Crippen molar-refractivity contribution in [3.05, 3.63) is 40.9 Å². The van der Waals surface area contributed by atoms with Gasteiger partial charge in [-0.3, -0.25) is 0 Å². The van der Waals surface area contributed by atoms with Gasteiger partial charge in [0, 0.05) is 9.92 Å². The molecule has 0 aromatic heterocycles. The molecule has 0 spiro atoms. The molecule has 3 heteroatoms. The fourth-order valence-electron chi connectivity index (χ4n) is 7.77. The molecule has 4 aliphatic carbocycles. The molecule has 0 saturated heterocycles. The number of thioether (sulfide) groups is 1. The monoisotopic (exact) mass is 430 g/mol. The van der Waals surface area contributed by atoms with E-state index in [1.807, 2.05) is 23.9 Å². The Hall–Kier alpha value is -0.440. The van der Waals surface area contributed by atoms with Crippen LogP contribution in [0, 0.1) is 28.6 Å². The molecule has 3 saturated carbocycles. The predicted molar refractivity (Wildman–Crippen MR) is 123 cm³/mol. The summed E-state index contributed by atoms with van der Waals surface area (Å²) in [5.41, 5.74) is 2.56. The number of rotatable bonds is 4. The van der Waals surface area contributed by atoms with Crippen molar-refractivity contribution in [2.75, 3.05) is 5.75 Å². The Kier molecular flexibility index (Phi) is 5.58. The lowest BCUT2D eigenvalue weighted by atomic mass is 9.47. The smallest absolute Gasteiger partial charge is 0.0577 e. The standard InChI is InChI=1S/C26H35ClOS/c1-25-13-10-20(28)17-18(25)4-9-22-23(25)11-14-26(12-2-3-24(22)26)15-16-29-21-7-5-19(27)6-8-21/h4-8,20,22-24,28H,2-3,9-17H2,1H3/t20-,22+,23-,24-,25-,26-/m0/s1. The fraction of sp³-hybridized carbons (Fsp3) is 0.692. The van der Waals surface area contributed by atoms with Crippen LogP contribution in [-0.2, 0) is 0 Å². The van der Waals surface area contributed by atoms with Crippen LogP contribution in [0.25, 0.3) is 0 Å². The Morgan fingerprint density at radius 2 is 1.90 bits per heavy atom. The van der Waals surface area contributed by atoms with Crippen molar-refractivity contribution in [1.29, 1.82) is 0 Å². The van der Waals surface area contributed by atoms with Crippen molar-refractivity contribution in [1.82, 2.24) is 0 Å². The molecule has 4 aliphatic rings. The minimum Gasteiger partial charge on any atom is -0.393 e. The first-order chi connectivity index (χ1) is 14.0. The average Bonchev–Trinajstić information content (AvgIpc) is 3.14. The summed E-state index contributed by atoms with van der Waals surface area (Å²) in [7, 11) is 0. The van der Waals surface area contributed by atoms with E-state index in [9.17, 15) is 5.11 Å². The second-order valence-corrected chi connectivity index (χ2v) is 12.1. The van der Waals surface area contributed by atoms with Crippen LogP contribution in [-0.4, -0.2) is 17.0 Å². The molecule has 29 heavy (non-hydrogen) atoms. The number of hydrogen-bond donors (Lipinski definition) is 1. The highest BCUT2D eigenvalue weighted by Crippen LogP contribution is 2.66. The quantitative estimate of drug-likeness (QED) is 0.393. The highest BCUT2D eigenvalue weighted by atomic mass is 35.5. The number of aliphatic hydroxyl groups is 1. The Bertz CT molecular complexity index is 773. The highest BCUT2D eigenvalue weighted by Gasteiger charge is 2.56. The maximum Gasteiger partial charge on any atom is 0.0577 e. The lowest BCUT2D eigenvalue weighted by Crippen LogP contribution is -2.50. The van der Waals surface area contributed by atoms with Gasteiger partial charge >= 0.3 is 0 Å². The van der Waals surface area contributed by atoms with E-state index in [-0.39, 0.29) is 6.10 Å². The van der Waals surface area contributed by atoms with Crippen molar-refractivity contribution in [2.45, 2.75) is 82.1 Å². The summed E-state index contributed by atoms with van der Waals surface area (Å²) in [4.78, 5) is 1.35. The number of fused-ring (bicyclic) bond motifs is 5. The number of hydrogen-bond acceptors (Lipinski definition) is 2. The lowest BCUT2D eigenvalue weighted by molar-refractivity contribution is -0.0440. The van der Waals surface area contributed by atoms with Gasteiger partial charge in [-0.25, -0.2) is 0 Å². The normalized spacial score (nSPS) is 41.3. The van der Waals surface area contributed by atoms with E-state index in [4.69, 9.17) is 11.6 Å². The largest absolute Gasteiger partial charge is 0.393 e. The number of aliphatic hydroxyl groups excluding tert-OH is 1. The number of halogens is 1. The second-order valence-electron chi connectivity index (χ2n) is 10.5. The third kappa shape index (κ3) is 3.62. The van der Waals surface area contributed by atoms with Gasteiger partial charge < -0.3 is 5.11 Å². The van der Waals surface area contributed by atoms with Gasteiger partial charge in [-0.2, -0.15) is 0 Å². The van der Waals surface area contributed by atoms with Gasteiger partial charge in [-0.1, -0.05) is 36.6 Å². The van der Waals surface area contributed by atoms with Crippen molar-refractivity contribution in [2.24, 2.45) is 28.6 Å². The zero-order valence-electron chi connectivity index (χ0n) is 17.7. The molecule has 3 fully saturated rings. The Morgan fingerprint density at radius 1 is 1.07 bits per heavy atom. The van der Waals surface area contributed by atoms with E-state index in [0.717, 1.165) is 35.6 Å². The molecular formula is C26H35ClOS. The van der Waals surface area contributed by atoms with Crippen LogP contribution in [0.5, 0.6) is 0 Å². The summed E-state index contributed by atoms with van der Waals surface area (Å²) in [6.45, 7) is 2.54. The lowest BCUT2D eigenvalue weighted by Gasteiger charge is -2.58. The van der Waals surface area contributed by atoms with E-state index in [1.54, 1.807) is 5.57 Å². The Morgan fingerprint density at radius 3 is 2.72 bits per heavy atom. The van der Waals surface area contributed by atoms with Gasteiger partial charge in [0.15, 0.2) is 0 Å². The summed E-state index contributed by atoms with van der Waals surface area (Å²) in [5.74, 6) is 3.90. The van der Waals surface area contributed by atoms with Gasteiger partial charge in [-0.05, 0) is 116 Å². The fourth-order valence-corrected chi connectivity index (χ4v) is 8.97. The third-order valence-electron chi connectivity index (χ3n) is 9.29. The molecule has 1 aromatic carbocycles. The maximum atomic E-state index is 10.2. The summed E-state index contributed by atoms with van der Waals surface area (Å²) in [6.07, 6.45) is 15.5. The first-order valence-electron chi connectivity index (χ1n) is 11.8. The van der Waals surface area contributed by atoms with Crippen molar-refractivity contribution < 1.29 is 5.11 Å². The Balaban J connectivity index is 1.30. The molecule has 0 radical (unpaired) electrons. The van der Waals surface area contributed by atoms with Crippen LogP contribution < -0.4 is 0 Å². The van der Waals surface area contributed by atoms with E-state index < -0.39 is 0 Å². The van der Waals surface area contributed by atoms with Crippen molar-refractivity contribution in [3.63, 3.8) is 0 Å². The summed E-state index contributed by atoms with van der Waals surface area (Å²) >= 11 is 8.06. The molecule has 158 valence electrons. The topological polar surface area (TPSA) is 20.2 Å². The molecule has 0 amide bonds. The minimum absolute atomic E-state index is 0.0927. The summed E-state index contributed by atoms with van der Waals surface area (Å²) in [6, 6.07) is 8.36. The molecular weight excluding hydrogens is 396 g/mol. The van der Waals surface area contributed by atoms with Crippen LogP contribution in [0.2, 0.25) is 5.02 Å². The molecule has 1 nitrogen and oxygen atoms in total. The van der Waals surface area contributed by atoms with Gasteiger partial charge in [0.25, 0.3) is 0 Å². The summed E-state index contributed by atoms with van der Waals surface area (Å²) < 4.78 is 0.